The number of hydrogen-bond acceptors (Lipinski definition) is 10. The van der Waals surface area contributed by atoms with Crippen molar-refractivity contribution in [3.8, 4) is 29.5 Å². The van der Waals surface area contributed by atoms with Crippen molar-refractivity contribution in [3.63, 3.8) is 0 Å². The fourth-order valence-corrected chi connectivity index (χ4v) is 6.11. The van der Waals surface area contributed by atoms with E-state index in [1.54, 1.807) is 10.6 Å². The van der Waals surface area contributed by atoms with E-state index in [1.165, 1.54) is 10.7 Å². The van der Waals surface area contributed by atoms with Gasteiger partial charge in [0.15, 0.2) is 5.82 Å². The zero-order valence-corrected chi connectivity index (χ0v) is 36.8. The molecule has 26 heteroatoms. The Morgan fingerprint density at radius 2 is 1.65 bits per heavy atom. The van der Waals surface area contributed by atoms with Gasteiger partial charge < -0.3 is 29.3 Å². The molecule has 2 unspecified atom stereocenters. The summed E-state index contributed by atoms with van der Waals surface area (Å²) in [6.07, 6.45) is 13.6. The number of rotatable bonds is 12. The summed E-state index contributed by atoms with van der Waals surface area (Å²) in [5.74, 6) is -0.268. The van der Waals surface area contributed by atoms with Crippen molar-refractivity contribution in [3.05, 3.63) is 83.3 Å². The molecule has 60 heavy (non-hydrogen) atoms. The zero-order chi connectivity index (χ0) is 45.6. The van der Waals surface area contributed by atoms with Crippen LogP contribution in [0.5, 0.6) is 5.75 Å². The van der Waals surface area contributed by atoms with Crippen molar-refractivity contribution in [2.24, 2.45) is 0 Å². The summed E-state index contributed by atoms with van der Waals surface area (Å²) in [5.41, 5.74) is -1.31. The van der Waals surface area contributed by atoms with E-state index in [2.05, 4.69) is 34.9 Å². The third-order valence-electron chi connectivity index (χ3n) is 7.29. The van der Waals surface area contributed by atoms with Gasteiger partial charge in [0.25, 0.3) is 0 Å². The third-order valence-corrected chi connectivity index (χ3v) is 9.20. The second-order valence-electron chi connectivity index (χ2n) is 12.6. The number of aryl methyl sites for hydroxylation is 2. The second-order valence-corrected chi connectivity index (χ2v) is 18.4. The predicted octanol–water partition coefficient (Wildman–Crippen LogP) is 4.11. The first-order valence-electron chi connectivity index (χ1n) is 16.9. The van der Waals surface area contributed by atoms with Gasteiger partial charge in [-0.05, 0) is 54.4 Å². The first kappa shape index (κ1) is 52.2. The molecular formula is C34H39Cl4F3N7O10PS. The number of nitrogens with one attached hydrogen (secondary N) is 1. The molecule has 0 amide bonds. The lowest BCUT2D eigenvalue weighted by Gasteiger charge is -2.14. The highest BCUT2D eigenvalue weighted by Gasteiger charge is 2.24. The van der Waals surface area contributed by atoms with E-state index >= 15 is 0 Å². The maximum absolute atomic E-state index is 14.1. The van der Waals surface area contributed by atoms with Gasteiger partial charge in [-0.3, -0.25) is 19.5 Å². The molecule has 0 fully saturated rings. The number of benzene rings is 2. The molecule has 5 rings (SSSR count). The Labute approximate surface area is 363 Å². The van der Waals surface area contributed by atoms with Gasteiger partial charge in [-0.25, -0.2) is 18.5 Å². The number of fused-ring (bicyclic) bond motifs is 1. The van der Waals surface area contributed by atoms with Crippen LogP contribution < -0.4 is 26.3 Å². The van der Waals surface area contributed by atoms with Gasteiger partial charge in [-0.15, -0.1) is 28.2 Å². The van der Waals surface area contributed by atoms with Gasteiger partial charge >= 0.3 is 29.9 Å². The van der Waals surface area contributed by atoms with E-state index in [9.17, 15) is 41.8 Å². The number of carbonyl (C=O) groups is 2. The molecule has 4 aromatic rings. The Morgan fingerprint density at radius 1 is 1.03 bits per heavy atom. The number of nitrogens with zero attached hydrogens (tertiary/aromatic N) is 6. The van der Waals surface area contributed by atoms with E-state index in [-0.39, 0.29) is 39.7 Å². The molecule has 2 aromatic carbocycles. The standard InChI is InChI=1S/C15H13Cl2N3O2.C13H10Cl2F3N3O3.C3H8NO5P.C3H9S/c1-2-7-22-13-9-12(10(16)8-11(13)17)20-15(21)19-6-4-3-5-14(19)18-20;1-5-19-21(13(24)20(5)12(17)18)10-3-6(2-8(15)11(22)23)7(14)4-9(10)16;5-3(6)1-4-2-10(7,8)9;1-4(2)3/h1,8-9H,3-7H2;3-4,8,12H,2H2,1H3,(H,22,23);4H,1-2H2,(H,5,6)(H2,7,8,9);1-3H3/q;;;+1/p-1. The third kappa shape index (κ3) is 15.8. The van der Waals surface area contributed by atoms with Crippen molar-refractivity contribution >= 4 is 76.8 Å². The van der Waals surface area contributed by atoms with E-state index in [1.807, 2.05) is 5.32 Å². The number of alkyl halides is 3. The van der Waals surface area contributed by atoms with Crippen molar-refractivity contribution < 1.29 is 52.1 Å². The molecule has 17 nitrogen and oxygen atoms in total. The number of aromatic nitrogens is 6. The molecular weight excluding hydrogens is 928 g/mol. The van der Waals surface area contributed by atoms with Crippen LogP contribution in [0.4, 0.5) is 13.2 Å². The number of terminal acetylenes is 1. The number of halogens is 7. The fraction of sp³-hybridized carbons (Fsp3) is 0.412. The number of carboxylic acids is 2. The zero-order valence-electron chi connectivity index (χ0n) is 32.1. The number of aliphatic carboxylic acids is 2. The fourth-order valence-electron chi connectivity index (χ4n) is 4.81. The molecule has 0 radical (unpaired) electrons. The Bertz CT molecular complexity index is 2350. The van der Waals surface area contributed by atoms with Gasteiger partial charge in [0.05, 0.1) is 47.3 Å². The molecule has 1 aliphatic rings. The van der Waals surface area contributed by atoms with Crippen LogP contribution in [-0.4, -0.2) is 99.3 Å². The van der Waals surface area contributed by atoms with Crippen LogP contribution in [0.25, 0.3) is 11.4 Å². The highest BCUT2D eigenvalue weighted by molar-refractivity contribution is 7.94. The van der Waals surface area contributed by atoms with E-state index in [4.69, 9.17) is 72.7 Å². The summed E-state index contributed by atoms with van der Waals surface area (Å²) < 4.78 is 58.6. The van der Waals surface area contributed by atoms with Crippen molar-refractivity contribution in [1.29, 1.82) is 0 Å². The maximum atomic E-state index is 14.1. The maximum Gasteiger partial charge on any atom is 0.355 e. The Kier molecular flexibility index (Phi) is 20.8. The second kappa shape index (κ2) is 23.9. The van der Waals surface area contributed by atoms with Gasteiger partial charge in [-0.1, -0.05) is 40.7 Å². The highest BCUT2D eigenvalue weighted by Crippen LogP contribution is 2.33. The normalized spacial score (nSPS) is 13.3. The Morgan fingerprint density at radius 3 is 2.17 bits per heavy atom. The number of hydrogen-bond donors (Lipinski definition) is 4. The number of carboxylic acid groups (broad SMARTS) is 2. The minimum absolute atomic E-state index is 0.0788. The SMILES string of the molecule is C#CCOc1cc(-n2nc3n(c2=O)CCCC3)c(Cl)cc1Cl.C[S+](C)C.Cc1nn(-c2cc(CC(Cl)C(=O)O)c(Cl)cc2F)c(=O)n1C(F)F.O=C(O)CNCP(=O)([O-])O. The molecule has 0 saturated heterocycles. The average molecular weight is 968 g/mol. The predicted molar refractivity (Wildman–Crippen MR) is 220 cm³/mol. The lowest BCUT2D eigenvalue weighted by atomic mass is 10.1. The lowest BCUT2D eigenvalue weighted by molar-refractivity contribution is -0.193. The molecule has 2 atom stereocenters. The van der Waals surface area contributed by atoms with Crippen LogP contribution in [0.1, 0.15) is 36.6 Å². The van der Waals surface area contributed by atoms with Gasteiger partial charge in [0.1, 0.15) is 42.7 Å². The van der Waals surface area contributed by atoms with Crippen molar-refractivity contribution in [1.82, 2.24) is 34.0 Å². The summed E-state index contributed by atoms with van der Waals surface area (Å²) in [7, 11) is -3.71. The summed E-state index contributed by atoms with van der Waals surface area (Å²) >= 11 is 23.8. The largest absolute Gasteiger partial charge is 0.778 e. The van der Waals surface area contributed by atoms with E-state index < -0.39 is 61.5 Å². The van der Waals surface area contributed by atoms with E-state index in [0.29, 0.717) is 43.6 Å². The smallest absolute Gasteiger partial charge is 0.355 e. The minimum atomic E-state index is -4.35. The minimum Gasteiger partial charge on any atom is -0.778 e. The van der Waals surface area contributed by atoms with E-state index in [0.717, 1.165) is 44.1 Å². The van der Waals surface area contributed by atoms with Crippen LogP contribution in [-0.2, 0) is 44.4 Å². The summed E-state index contributed by atoms with van der Waals surface area (Å²) in [4.78, 5) is 63.0. The molecule has 4 N–H and O–H groups in total. The van der Waals surface area contributed by atoms with Gasteiger partial charge in [0.2, 0.25) is 0 Å². The topological polar surface area (TPSA) is 236 Å². The van der Waals surface area contributed by atoms with Crippen molar-refractivity contribution in [2.75, 3.05) is 38.2 Å². The summed E-state index contributed by atoms with van der Waals surface area (Å²) in [6, 6.07) is 5.00. The quantitative estimate of drug-likeness (QED) is 0.0678. The first-order chi connectivity index (χ1) is 27.9. The molecule has 0 spiro atoms. The highest BCUT2D eigenvalue weighted by atomic mass is 35.5. The molecule has 2 aromatic heterocycles. The molecule has 0 aliphatic carbocycles. The van der Waals surface area contributed by atoms with Crippen LogP contribution >= 0.6 is 54.0 Å². The first-order valence-corrected chi connectivity index (χ1v) is 22.7. The van der Waals surface area contributed by atoms with Gasteiger partial charge in [0, 0.05) is 30.5 Å². The molecule has 1 aliphatic heterocycles. The van der Waals surface area contributed by atoms with Crippen LogP contribution in [0, 0.1) is 25.1 Å². The van der Waals surface area contributed by atoms with Crippen molar-refractivity contribution in [2.45, 2.75) is 51.1 Å². The molecule has 0 saturated carbocycles. The molecule has 0 bridgehead atoms. The van der Waals surface area contributed by atoms with Crippen LogP contribution in [0.3, 0.4) is 0 Å². The van der Waals surface area contributed by atoms with Gasteiger partial charge in [-0.2, -0.15) is 18.1 Å². The number of ether oxygens (including phenoxy) is 1. The molecule has 330 valence electrons. The molecule has 3 heterocycles. The monoisotopic (exact) mass is 965 g/mol. The lowest BCUT2D eigenvalue weighted by Crippen LogP contribution is -2.26. The average Bonchev–Trinajstić information content (AvgIpc) is 3.62. The van der Waals surface area contributed by atoms with Crippen LogP contribution in [0.15, 0.2) is 33.9 Å². The Balaban J connectivity index is 0.000000317. The Hall–Kier alpha value is -3.97. The van der Waals surface area contributed by atoms with Crippen LogP contribution in [0.2, 0.25) is 15.1 Å². The summed E-state index contributed by atoms with van der Waals surface area (Å²) in [6.45, 7) is -1.69. The summed E-state index contributed by atoms with van der Waals surface area (Å²) in [5, 5.41) is 26.0.